The van der Waals surface area contributed by atoms with Crippen molar-refractivity contribution in [2.45, 2.75) is 13.8 Å². The second-order valence-corrected chi connectivity index (χ2v) is 3.10. The Hall–Kier alpha value is -1.31. The monoisotopic (exact) mass is 176 g/mol. The standard InChI is InChI=1S/C11H14NO/c1-9(2)11(12-13-3)10-7-5-4-6-8-10/h5-9H,1-3H3. The van der Waals surface area contributed by atoms with Crippen molar-refractivity contribution in [3.8, 4) is 0 Å². The maximum absolute atomic E-state index is 4.80. The first kappa shape index (κ1) is 9.78. The fourth-order valence-electron chi connectivity index (χ4n) is 1.15. The van der Waals surface area contributed by atoms with Gasteiger partial charge in [0, 0.05) is 0 Å². The van der Waals surface area contributed by atoms with Gasteiger partial charge in [0.1, 0.15) is 7.11 Å². The van der Waals surface area contributed by atoms with Crippen LogP contribution in [0.4, 0.5) is 0 Å². The number of benzene rings is 1. The molecule has 2 heteroatoms. The number of hydrogen-bond donors (Lipinski definition) is 0. The van der Waals surface area contributed by atoms with Crippen molar-refractivity contribution in [1.82, 2.24) is 0 Å². The van der Waals surface area contributed by atoms with Crippen LogP contribution in [0, 0.1) is 12.0 Å². The van der Waals surface area contributed by atoms with Crippen molar-refractivity contribution >= 4 is 5.71 Å². The van der Waals surface area contributed by atoms with Crippen molar-refractivity contribution in [2.24, 2.45) is 11.1 Å². The number of nitrogens with zero attached hydrogens (tertiary/aromatic N) is 1. The summed E-state index contributed by atoms with van der Waals surface area (Å²) in [6.45, 7) is 4.18. The zero-order chi connectivity index (χ0) is 9.68. The Morgan fingerprint density at radius 3 is 2.46 bits per heavy atom. The molecule has 69 valence electrons. The van der Waals surface area contributed by atoms with Gasteiger partial charge in [-0.15, -0.1) is 0 Å². The number of oxime groups is 1. The molecule has 0 N–H and O–H groups in total. The van der Waals surface area contributed by atoms with E-state index in [1.165, 1.54) is 0 Å². The summed E-state index contributed by atoms with van der Waals surface area (Å²) in [5.41, 5.74) is 2.06. The lowest BCUT2D eigenvalue weighted by molar-refractivity contribution is 0.212. The summed E-state index contributed by atoms with van der Waals surface area (Å²) < 4.78 is 0. The van der Waals surface area contributed by atoms with E-state index in [1.807, 2.05) is 24.3 Å². The second kappa shape index (κ2) is 4.65. The van der Waals surface area contributed by atoms with E-state index in [0.29, 0.717) is 5.92 Å². The summed E-state index contributed by atoms with van der Waals surface area (Å²) in [6.07, 6.45) is 0. The van der Waals surface area contributed by atoms with Crippen LogP contribution in [0.5, 0.6) is 0 Å². The van der Waals surface area contributed by atoms with Crippen LogP contribution in [-0.2, 0) is 4.84 Å². The molecule has 1 radical (unpaired) electrons. The molecular weight excluding hydrogens is 162 g/mol. The quantitative estimate of drug-likeness (QED) is 0.512. The first-order valence-corrected chi connectivity index (χ1v) is 4.33. The summed E-state index contributed by atoms with van der Waals surface area (Å²) >= 11 is 0. The van der Waals surface area contributed by atoms with Gasteiger partial charge in [0.2, 0.25) is 0 Å². The van der Waals surface area contributed by atoms with Crippen LogP contribution in [-0.4, -0.2) is 12.8 Å². The lowest BCUT2D eigenvalue weighted by atomic mass is 10.0. The molecule has 0 fully saturated rings. The van der Waals surface area contributed by atoms with E-state index in [-0.39, 0.29) is 0 Å². The molecule has 0 atom stereocenters. The van der Waals surface area contributed by atoms with Gasteiger partial charge in [-0.05, 0) is 17.5 Å². The number of hydrogen-bond acceptors (Lipinski definition) is 2. The number of rotatable bonds is 3. The molecule has 0 aromatic heterocycles. The van der Waals surface area contributed by atoms with Crippen molar-refractivity contribution in [3.63, 3.8) is 0 Å². The van der Waals surface area contributed by atoms with Crippen LogP contribution in [0.3, 0.4) is 0 Å². The highest BCUT2D eigenvalue weighted by Gasteiger charge is 2.07. The predicted octanol–water partition coefficient (Wildman–Crippen LogP) is 2.49. The van der Waals surface area contributed by atoms with Gasteiger partial charge in [0.25, 0.3) is 0 Å². The third kappa shape index (κ3) is 2.58. The molecule has 1 aromatic rings. The SMILES string of the molecule is CON=C(c1cc[c]cc1)C(C)C. The van der Waals surface area contributed by atoms with Gasteiger partial charge >= 0.3 is 0 Å². The lowest BCUT2D eigenvalue weighted by Crippen LogP contribution is -2.09. The van der Waals surface area contributed by atoms with Crippen LogP contribution in [0.2, 0.25) is 0 Å². The Morgan fingerprint density at radius 1 is 1.38 bits per heavy atom. The van der Waals surface area contributed by atoms with Gasteiger partial charge in [-0.25, -0.2) is 0 Å². The molecule has 1 aromatic carbocycles. The summed E-state index contributed by atoms with van der Waals surface area (Å²) in [6, 6.07) is 10.7. The van der Waals surface area contributed by atoms with Crippen LogP contribution < -0.4 is 0 Å². The van der Waals surface area contributed by atoms with Crippen molar-refractivity contribution in [2.75, 3.05) is 7.11 Å². The molecule has 0 saturated heterocycles. The van der Waals surface area contributed by atoms with Gasteiger partial charge in [0.05, 0.1) is 5.71 Å². The van der Waals surface area contributed by atoms with Gasteiger partial charge in [0.15, 0.2) is 0 Å². The highest BCUT2D eigenvalue weighted by atomic mass is 16.6. The van der Waals surface area contributed by atoms with Crippen LogP contribution in [0.1, 0.15) is 19.4 Å². The predicted molar refractivity (Wildman–Crippen MR) is 53.7 cm³/mol. The minimum absolute atomic E-state index is 0.363. The van der Waals surface area contributed by atoms with Crippen molar-refractivity contribution < 1.29 is 4.84 Å². The van der Waals surface area contributed by atoms with E-state index in [9.17, 15) is 0 Å². The largest absolute Gasteiger partial charge is 0.399 e. The molecule has 2 nitrogen and oxygen atoms in total. The molecular formula is C11H14NO. The highest BCUT2D eigenvalue weighted by Crippen LogP contribution is 2.09. The van der Waals surface area contributed by atoms with E-state index in [2.05, 4.69) is 25.1 Å². The zero-order valence-electron chi connectivity index (χ0n) is 8.24. The average molecular weight is 176 g/mol. The molecule has 0 bridgehead atoms. The van der Waals surface area contributed by atoms with E-state index in [4.69, 9.17) is 4.84 Å². The first-order chi connectivity index (χ1) is 6.25. The molecule has 0 aliphatic heterocycles. The third-order valence-electron chi connectivity index (χ3n) is 1.75. The van der Waals surface area contributed by atoms with E-state index >= 15 is 0 Å². The van der Waals surface area contributed by atoms with Gasteiger partial charge in [-0.3, -0.25) is 0 Å². The van der Waals surface area contributed by atoms with Crippen LogP contribution >= 0.6 is 0 Å². The maximum atomic E-state index is 4.80. The van der Waals surface area contributed by atoms with Crippen molar-refractivity contribution in [1.29, 1.82) is 0 Å². The lowest BCUT2D eigenvalue weighted by Gasteiger charge is -2.08. The molecule has 0 unspecified atom stereocenters. The molecule has 0 heterocycles. The Bertz CT molecular complexity index is 277. The smallest absolute Gasteiger partial charge is 0.106 e. The van der Waals surface area contributed by atoms with E-state index < -0.39 is 0 Å². The highest BCUT2D eigenvalue weighted by molar-refractivity contribution is 6.01. The fraction of sp³-hybridized carbons (Fsp3) is 0.364. The third-order valence-corrected chi connectivity index (χ3v) is 1.75. The summed E-state index contributed by atoms with van der Waals surface area (Å²) in [4.78, 5) is 4.80. The Kier molecular flexibility index (Phi) is 3.50. The molecule has 0 saturated carbocycles. The van der Waals surface area contributed by atoms with Crippen LogP contribution in [0.25, 0.3) is 0 Å². The minimum atomic E-state index is 0.363. The zero-order valence-corrected chi connectivity index (χ0v) is 8.24. The fourth-order valence-corrected chi connectivity index (χ4v) is 1.15. The van der Waals surface area contributed by atoms with E-state index in [1.54, 1.807) is 7.11 Å². The van der Waals surface area contributed by atoms with Gasteiger partial charge in [-0.2, -0.15) is 0 Å². The molecule has 1 rings (SSSR count). The topological polar surface area (TPSA) is 21.6 Å². The first-order valence-electron chi connectivity index (χ1n) is 4.33. The second-order valence-electron chi connectivity index (χ2n) is 3.10. The average Bonchev–Trinajstić information content (AvgIpc) is 2.15. The van der Waals surface area contributed by atoms with Crippen LogP contribution in [0.15, 0.2) is 29.4 Å². The summed E-state index contributed by atoms with van der Waals surface area (Å²) in [7, 11) is 1.57. The Balaban J connectivity index is 2.96. The molecule has 0 amide bonds. The molecule has 0 aliphatic rings. The molecule has 0 spiro atoms. The van der Waals surface area contributed by atoms with Crippen molar-refractivity contribution in [3.05, 3.63) is 35.9 Å². The van der Waals surface area contributed by atoms with E-state index in [0.717, 1.165) is 11.3 Å². The normalized spacial score (nSPS) is 11.8. The minimum Gasteiger partial charge on any atom is -0.399 e. The summed E-state index contributed by atoms with van der Waals surface area (Å²) in [5.74, 6) is 0.363. The molecule has 13 heavy (non-hydrogen) atoms. The maximum Gasteiger partial charge on any atom is 0.106 e. The summed E-state index contributed by atoms with van der Waals surface area (Å²) in [5, 5.41) is 4.00. The Morgan fingerprint density at radius 2 is 2.00 bits per heavy atom. The molecule has 0 aliphatic carbocycles. The van der Waals surface area contributed by atoms with Gasteiger partial charge < -0.3 is 4.84 Å². The Labute approximate surface area is 79.2 Å². The van der Waals surface area contributed by atoms with Gasteiger partial charge in [-0.1, -0.05) is 43.3 Å².